The fourth-order valence-corrected chi connectivity index (χ4v) is 5.34. The van der Waals surface area contributed by atoms with E-state index in [4.69, 9.17) is 19.4 Å². The Kier molecular flexibility index (Phi) is 7.02. The van der Waals surface area contributed by atoms with E-state index in [1.54, 1.807) is 0 Å². The lowest BCUT2D eigenvalue weighted by Crippen LogP contribution is -2.33. The molecule has 0 saturated carbocycles. The van der Waals surface area contributed by atoms with Gasteiger partial charge in [-0.3, -0.25) is 18.9 Å². The molecule has 1 aliphatic rings. The summed E-state index contributed by atoms with van der Waals surface area (Å²) in [5.74, 6) is 0. The fourth-order valence-electron chi connectivity index (χ4n) is 2.29. The third-order valence-electron chi connectivity index (χ3n) is 3.38. The van der Waals surface area contributed by atoms with Crippen LogP contribution in [0.2, 0.25) is 0 Å². The van der Waals surface area contributed by atoms with Crippen molar-refractivity contribution in [1.82, 2.24) is 9.55 Å². The van der Waals surface area contributed by atoms with E-state index in [-0.39, 0.29) is 18.4 Å². The molecular formula is C10H17N2O13P3. The second-order valence-corrected chi connectivity index (χ2v) is 10.1. The van der Waals surface area contributed by atoms with Crippen LogP contribution in [0.3, 0.4) is 0 Å². The van der Waals surface area contributed by atoms with Gasteiger partial charge in [0.05, 0.1) is 12.7 Å². The Morgan fingerprint density at radius 3 is 2.39 bits per heavy atom. The minimum Gasteiger partial charge on any atom is -0.352 e. The van der Waals surface area contributed by atoms with Gasteiger partial charge in [0.1, 0.15) is 6.23 Å². The van der Waals surface area contributed by atoms with Crippen LogP contribution >= 0.6 is 23.5 Å². The van der Waals surface area contributed by atoms with Gasteiger partial charge < -0.3 is 24.3 Å². The Morgan fingerprint density at radius 2 is 1.79 bits per heavy atom. The third kappa shape index (κ3) is 6.83. The van der Waals surface area contributed by atoms with E-state index in [9.17, 15) is 28.2 Å². The van der Waals surface area contributed by atoms with E-state index in [0.29, 0.717) is 0 Å². The van der Waals surface area contributed by atoms with E-state index >= 15 is 0 Å². The van der Waals surface area contributed by atoms with Crippen molar-refractivity contribution < 1.29 is 51.2 Å². The van der Waals surface area contributed by atoms with E-state index < -0.39 is 53.7 Å². The molecule has 1 aromatic rings. The first kappa shape index (κ1) is 23.3. The van der Waals surface area contributed by atoms with Crippen LogP contribution in [0.25, 0.3) is 0 Å². The third-order valence-corrected chi connectivity index (χ3v) is 7.18. The van der Waals surface area contributed by atoms with Gasteiger partial charge in [-0.05, 0) is 19.8 Å². The van der Waals surface area contributed by atoms with Gasteiger partial charge in [-0.25, -0.2) is 18.5 Å². The van der Waals surface area contributed by atoms with Crippen LogP contribution in [0.5, 0.6) is 0 Å². The van der Waals surface area contributed by atoms with Crippen molar-refractivity contribution >= 4 is 23.5 Å². The lowest BCUT2D eigenvalue weighted by atomic mass is 10.2. The Balaban J connectivity index is 1.95. The average Bonchev–Trinajstić information content (AvgIpc) is 2.94. The number of nitrogens with one attached hydrogen (secondary N) is 1. The molecule has 1 aliphatic heterocycles. The van der Waals surface area contributed by atoms with Gasteiger partial charge in [0.2, 0.25) is 0 Å². The quantitative estimate of drug-likeness (QED) is 0.315. The molecular weight excluding hydrogens is 449 g/mol. The normalized spacial score (nSPS) is 24.6. The number of hydrogen-bond donors (Lipinski definition) is 5. The molecule has 5 N–H and O–H groups in total. The predicted molar refractivity (Wildman–Crippen MR) is 89.0 cm³/mol. The number of ether oxygens (including phenoxy) is 1. The van der Waals surface area contributed by atoms with E-state index in [0.717, 1.165) is 4.57 Å². The van der Waals surface area contributed by atoms with Crippen molar-refractivity contribution in [2.75, 3.05) is 6.61 Å². The molecule has 18 heteroatoms. The first-order chi connectivity index (χ1) is 12.7. The Hall–Kier alpha value is -0.950. The van der Waals surface area contributed by atoms with Crippen LogP contribution in [0, 0.1) is 6.92 Å². The molecule has 2 rings (SSSR count). The van der Waals surface area contributed by atoms with Crippen molar-refractivity contribution in [3.63, 3.8) is 0 Å². The zero-order valence-corrected chi connectivity index (χ0v) is 16.8. The zero-order chi connectivity index (χ0) is 21.3. The van der Waals surface area contributed by atoms with Crippen molar-refractivity contribution in [2.24, 2.45) is 0 Å². The van der Waals surface area contributed by atoms with Crippen molar-refractivity contribution in [2.45, 2.75) is 32.1 Å². The van der Waals surface area contributed by atoms with Crippen molar-refractivity contribution in [3.8, 4) is 0 Å². The topological polar surface area (TPSA) is 224 Å². The average molecular weight is 466 g/mol. The molecule has 2 heterocycles. The van der Waals surface area contributed by atoms with Gasteiger partial charge in [-0.1, -0.05) is 0 Å². The largest absolute Gasteiger partial charge is 0.490 e. The van der Waals surface area contributed by atoms with E-state index in [2.05, 4.69) is 18.1 Å². The molecule has 0 aromatic carbocycles. The number of hydrogen-bond acceptors (Lipinski definition) is 9. The van der Waals surface area contributed by atoms with E-state index in [1.807, 2.05) is 0 Å². The van der Waals surface area contributed by atoms with Crippen LogP contribution in [0.15, 0.2) is 15.8 Å². The van der Waals surface area contributed by atoms with Gasteiger partial charge in [0.15, 0.2) is 0 Å². The fraction of sp³-hybridized carbons (Fsp3) is 0.600. The van der Waals surface area contributed by atoms with Crippen LogP contribution in [0.1, 0.15) is 24.6 Å². The Morgan fingerprint density at radius 1 is 1.14 bits per heavy atom. The minimum atomic E-state index is -5.59. The summed E-state index contributed by atoms with van der Waals surface area (Å²) in [6.07, 6.45) is 0.212. The molecule has 1 aromatic heterocycles. The van der Waals surface area contributed by atoms with Crippen LogP contribution in [-0.4, -0.2) is 41.8 Å². The summed E-state index contributed by atoms with van der Waals surface area (Å²) < 4.78 is 51.7. The molecule has 0 aliphatic carbocycles. The molecule has 2 unspecified atom stereocenters. The number of aromatic nitrogens is 2. The highest BCUT2D eigenvalue weighted by Crippen LogP contribution is 2.66. The Bertz CT molecular complexity index is 980. The molecule has 4 atom stereocenters. The van der Waals surface area contributed by atoms with Gasteiger partial charge >= 0.3 is 29.2 Å². The molecule has 1 fully saturated rings. The van der Waals surface area contributed by atoms with Crippen LogP contribution < -0.4 is 11.2 Å². The lowest BCUT2D eigenvalue weighted by Gasteiger charge is -2.19. The monoisotopic (exact) mass is 466 g/mol. The van der Waals surface area contributed by atoms with Crippen molar-refractivity contribution in [1.29, 1.82) is 0 Å². The number of rotatable bonds is 8. The molecule has 0 radical (unpaired) electrons. The minimum absolute atomic E-state index is 0.255. The number of H-pyrrole nitrogens is 1. The predicted octanol–water partition coefficient (Wildman–Crippen LogP) is -0.134. The maximum absolute atomic E-state index is 11.8. The highest BCUT2D eigenvalue weighted by Gasteiger charge is 2.41. The summed E-state index contributed by atoms with van der Waals surface area (Å²) >= 11 is 0. The molecule has 0 amide bonds. The highest BCUT2D eigenvalue weighted by molar-refractivity contribution is 7.66. The molecule has 0 bridgehead atoms. The summed E-state index contributed by atoms with van der Waals surface area (Å²) in [5.41, 5.74) is -1.00. The molecule has 1 saturated heterocycles. The van der Waals surface area contributed by atoms with Gasteiger partial charge in [0.25, 0.3) is 5.56 Å². The number of aryl methyl sites for hydroxylation is 1. The van der Waals surface area contributed by atoms with Crippen LogP contribution in [-0.2, 0) is 31.6 Å². The number of aromatic amines is 1. The Labute approximate surface area is 156 Å². The first-order valence-electron chi connectivity index (χ1n) is 7.43. The van der Waals surface area contributed by atoms with E-state index in [1.165, 1.54) is 13.1 Å². The second-order valence-electron chi connectivity index (χ2n) is 5.66. The summed E-state index contributed by atoms with van der Waals surface area (Å²) in [6.45, 7) is 0.869. The summed E-state index contributed by atoms with van der Waals surface area (Å²) in [6, 6.07) is 0. The first-order valence-corrected chi connectivity index (χ1v) is 12.0. The van der Waals surface area contributed by atoms with Gasteiger partial charge in [0, 0.05) is 11.8 Å². The summed E-state index contributed by atoms with van der Waals surface area (Å²) in [7, 11) is -16.3. The van der Waals surface area contributed by atoms with Gasteiger partial charge in [-0.15, -0.1) is 0 Å². The van der Waals surface area contributed by atoms with Crippen LogP contribution in [0.4, 0.5) is 0 Å². The highest BCUT2D eigenvalue weighted by atomic mass is 31.3. The summed E-state index contributed by atoms with van der Waals surface area (Å²) in [4.78, 5) is 60.6. The number of phosphoric ester groups is 1. The smallest absolute Gasteiger partial charge is 0.352 e. The maximum atomic E-state index is 11.8. The number of phosphoric acid groups is 3. The second kappa shape index (κ2) is 8.42. The van der Waals surface area contributed by atoms with Gasteiger partial charge in [-0.2, -0.15) is 8.62 Å². The lowest BCUT2D eigenvalue weighted by molar-refractivity contribution is -0.0244. The molecule has 28 heavy (non-hydrogen) atoms. The maximum Gasteiger partial charge on any atom is 0.490 e. The molecule has 15 nitrogen and oxygen atoms in total. The SMILES string of the molecule is Cc1cn([C@@H]2CC[C@@H](COP(=O)(O)OP(=O)(O)OP(=O)(O)O)O2)c(=O)[nH]c1=O. The van der Waals surface area contributed by atoms with Crippen molar-refractivity contribution in [3.05, 3.63) is 32.6 Å². The molecule has 160 valence electrons. The zero-order valence-electron chi connectivity index (χ0n) is 14.1. The molecule has 0 spiro atoms. The summed E-state index contributed by atoms with van der Waals surface area (Å²) in [5, 5.41) is 0. The standard InChI is InChI=1S/C10H17N2O13P3/c1-6-4-12(10(14)11-9(6)13)8-3-2-7(23-8)5-22-27(18,19)25-28(20,21)24-26(15,16)17/h4,7-8H,2-3,5H2,1H3,(H,18,19)(H,20,21)(H,11,13,14)(H2,15,16,17)/t7-,8-/m0/s1. The number of nitrogens with zero attached hydrogens (tertiary/aromatic N) is 1.